The fraction of sp³-hybridized carbons (Fsp3) is 0.240. The average Bonchev–Trinajstić information content (AvgIpc) is 2.76. The van der Waals surface area contributed by atoms with Gasteiger partial charge in [0.2, 0.25) is 5.91 Å². The van der Waals surface area contributed by atoms with E-state index in [2.05, 4.69) is 5.32 Å². The molecule has 0 aliphatic heterocycles. The molecule has 6 nitrogen and oxygen atoms in total. The molecule has 0 fully saturated rings. The molecule has 0 saturated carbocycles. The van der Waals surface area contributed by atoms with E-state index in [-0.39, 0.29) is 4.90 Å². The molecule has 0 atom stereocenters. The Kier molecular flexibility index (Phi) is 7.20. The van der Waals surface area contributed by atoms with Crippen molar-refractivity contribution in [3.05, 3.63) is 83.4 Å². The number of carbonyl (C=O) groups excluding carboxylic acids is 1. The number of benzene rings is 3. The zero-order valence-electron chi connectivity index (χ0n) is 18.8. The van der Waals surface area contributed by atoms with E-state index in [4.69, 9.17) is 4.74 Å². The maximum atomic E-state index is 13.6. The Hall–Kier alpha value is -3.32. The van der Waals surface area contributed by atoms with Crippen LogP contribution in [0.1, 0.15) is 23.6 Å². The van der Waals surface area contributed by atoms with Gasteiger partial charge in [0, 0.05) is 5.69 Å². The number of anilines is 2. The van der Waals surface area contributed by atoms with Crippen LogP contribution in [0.15, 0.2) is 71.6 Å². The number of ether oxygens (including phenoxy) is 1. The second-order valence-corrected chi connectivity index (χ2v) is 9.43. The number of hydrogen-bond acceptors (Lipinski definition) is 4. The zero-order valence-corrected chi connectivity index (χ0v) is 19.6. The molecule has 0 unspecified atom stereocenters. The average molecular weight is 453 g/mol. The van der Waals surface area contributed by atoms with Crippen LogP contribution in [0.4, 0.5) is 11.4 Å². The van der Waals surface area contributed by atoms with Gasteiger partial charge >= 0.3 is 0 Å². The summed E-state index contributed by atoms with van der Waals surface area (Å²) in [7, 11) is -4.02. The van der Waals surface area contributed by atoms with E-state index in [1.54, 1.807) is 54.6 Å². The first-order valence-electron chi connectivity index (χ1n) is 10.4. The van der Waals surface area contributed by atoms with Gasteiger partial charge in [0.05, 0.1) is 17.2 Å². The third-order valence-electron chi connectivity index (χ3n) is 5.12. The zero-order chi connectivity index (χ0) is 23.3. The van der Waals surface area contributed by atoms with Gasteiger partial charge in [0.15, 0.2) is 0 Å². The first-order valence-corrected chi connectivity index (χ1v) is 11.8. The number of nitrogens with one attached hydrogen (secondary N) is 1. The summed E-state index contributed by atoms with van der Waals surface area (Å²) in [6.45, 7) is 7.62. The van der Waals surface area contributed by atoms with Crippen molar-refractivity contribution >= 4 is 27.3 Å². The highest BCUT2D eigenvalue weighted by molar-refractivity contribution is 7.92. The monoisotopic (exact) mass is 452 g/mol. The van der Waals surface area contributed by atoms with Crippen molar-refractivity contribution in [3.63, 3.8) is 0 Å². The van der Waals surface area contributed by atoms with Crippen LogP contribution in [0, 0.1) is 20.8 Å². The fourth-order valence-corrected chi connectivity index (χ4v) is 4.66. The van der Waals surface area contributed by atoms with Crippen LogP contribution in [0.5, 0.6) is 5.75 Å². The van der Waals surface area contributed by atoms with E-state index in [1.807, 2.05) is 39.8 Å². The maximum absolute atomic E-state index is 13.6. The molecule has 1 N–H and O–H groups in total. The molecule has 3 aromatic carbocycles. The highest BCUT2D eigenvalue weighted by atomic mass is 32.2. The minimum absolute atomic E-state index is 0.105. The van der Waals surface area contributed by atoms with Crippen molar-refractivity contribution in [2.75, 3.05) is 22.8 Å². The molecule has 7 heteroatoms. The van der Waals surface area contributed by atoms with Crippen LogP contribution in [0.25, 0.3) is 0 Å². The highest BCUT2D eigenvalue weighted by Crippen LogP contribution is 2.32. The van der Waals surface area contributed by atoms with E-state index in [1.165, 1.54) is 0 Å². The summed E-state index contributed by atoms with van der Waals surface area (Å²) in [4.78, 5) is 13.0. The van der Waals surface area contributed by atoms with Crippen LogP contribution in [-0.2, 0) is 14.8 Å². The Morgan fingerprint density at radius 3 is 2.28 bits per heavy atom. The molecule has 0 aliphatic carbocycles. The Morgan fingerprint density at radius 1 is 0.938 bits per heavy atom. The molecule has 168 valence electrons. The molecule has 0 spiro atoms. The van der Waals surface area contributed by atoms with E-state index in [0.717, 1.165) is 21.0 Å². The lowest BCUT2D eigenvalue weighted by atomic mass is 10.1. The second-order valence-electron chi connectivity index (χ2n) is 7.57. The summed E-state index contributed by atoms with van der Waals surface area (Å²) in [5.74, 6) is -0.0556. The first kappa shape index (κ1) is 23.3. The molecule has 3 aromatic rings. The first-order chi connectivity index (χ1) is 15.2. The van der Waals surface area contributed by atoms with E-state index >= 15 is 0 Å². The molecule has 0 aliphatic rings. The minimum atomic E-state index is -4.02. The van der Waals surface area contributed by atoms with Crippen LogP contribution in [-0.4, -0.2) is 27.5 Å². The van der Waals surface area contributed by atoms with Gasteiger partial charge in [-0.25, -0.2) is 8.42 Å². The number of carbonyl (C=O) groups is 1. The molecule has 0 heterocycles. The highest BCUT2D eigenvalue weighted by Gasteiger charge is 2.29. The second kappa shape index (κ2) is 9.87. The quantitative estimate of drug-likeness (QED) is 0.530. The van der Waals surface area contributed by atoms with Crippen LogP contribution >= 0.6 is 0 Å². The largest absolute Gasteiger partial charge is 0.492 e. The molecule has 32 heavy (non-hydrogen) atoms. The normalized spacial score (nSPS) is 11.1. The SMILES string of the molecule is CCOc1ccccc1N(CC(=O)Nc1ccc(C)c(C)c1)S(=O)(=O)c1ccc(C)cc1. The lowest BCUT2D eigenvalue weighted by Crippen LogP contribution is -2.38. The number of hydrogen-bond donors (Lipinski definition) is 1. The number of sulfonamides is 1. The number of rotatable bonds is 8. The van der Waals surface area contributed by atoms with E-state index in [0.29, 0.717) is 23.7 Å². The molecule has 3 rings (SSSR count). The van der Waals surface area contributed by atoms with Crippen molar-refractivity contribution < 1.29 is 17.9 Å². The van der Waals surface area contributed by atoms with Crippen molar-refractivity contribution in [2.24, 2.45) is 0 Å². The van der Waals surface area contributed by atoms with E-state index < -0.39 is 22.5 Å². The summed E-state index contributed by atoms with van der Waals surface area (Å²) < 4.78 is 33.9. The van der Waals surface area contributed by atoms with Crippen molar-refractivity contribution in [1.82, 2.24) is 0 Å². The van der Waals surface area contributed by atoms with Gasteiger partial charge in [-0.1, -0.05) is 35.9 Å². The number of nitrogens with zero attached hydrogens (tertiary/aromatic N) is 1. The summed E-state index contributed by atoms with van der Waals surface area (Å²) in [5, 5.41) is 2.81. The van der Waals surface area contributed by atoms with Gasteiger partial charge < -0.3 is 10.1 Å². The Morgan fingerprint density at radius 2 is 1.62 bits per heavy atom. The van der Waals surface area contributed by atoms with Gasteiger partial charge in [-0.3, -0.25) is 9.10 Å². The topological polar surface area (TPSA) is 75.7 Å². The molecule has 0 bridgehead atoms. The summed E-state index contributed by atoms with van der Waals surface area (Å²) in [6.07, 6.45) is 0. The van der Waals surface area contributed by atoms with Gasteiger partial charge in [0.25, 0.3) is 10.0 Å². The third-order valence-corrected chi connectivity index (χ3v) is 6.89. The molecular formula is C25H28N2O4S. The molecule has 1 amide bonds. The predicted molar refractivity (Wildman–Crippen MR) is 128 cm³/mol. The maximum Gasteiger partial charge on any atom is 0.264 e. The molecule has 0 saturated heterocycles. The van der Waals surface area contributed by atoms with E-state index in [9.17, 15) is 13.2 Å². The Labute approximate surface area is 189 Å². The van der Waals surface area contributed by atoms with Gasteiger partial charge in [0.1, 0.15) is 12.3 Å². The molecular weight excluding hydrogens is 424 g/mol. The smallest absolute Gasteiger partial charge is 0.264 e. The Balaban J connectivity index is 1.99. The van der Waals surface area contributed by atoms with Gasteiger partial charge in [-0.15, -0.1) is 0 Å². The third kappa shape index (κ3) is 5.29. The van der Waals surface area contributed by atoms with Gasteiger partial charge in [-0.2, -0.15) is 0 Å². The van der Waals surface area contributed by atoms with Crippen molar-refractivity contribution in [3.8, 4) is 5.75 Å². The minimum Gasteiger partial charge on any atom is -0.492 e. The lowest BCUT2D eigenvalue weighted by molar-refractivity contribution is -0.114. The number of aryl methyl sites for hydroxylation is 3. The Bertz CT molecular complexity index is 1200. The number of amides is 1. The number of para-hydroxylation sites is 2. The van der Waals surface area contributed by atoms with Crippen LogP contribution < -0.4 is 14.4 Å². The molecule has 0 radical (unpaired) electrons. The summed E-state index contributed by atoms with van der Waals surface area (Å²) in [5.41, 5.74) is 4.01. The summed E-state index contributed by atoms with van der Waals surface area (Å²) >= 11 is 0. The van der Waals surface area contributed by atoms with Crippen molar-refractivity contribution in [1.29, 1.82) is 0 Å². The fourth-order valence-electron chi connectivity index (χ4n) is 3.23. The standard InChI is InChI=1S/C25H28N2O4S/c1-5-31-24-9-7-6-8-23(24)27(32(29,30)22-14-10-18(2)11-15-22)17-25(28)26-21-13-12-19(3)20(4)16-21/h6-16H,5,17H2,1-4H3,(H,26,28). The lowest BCUT2D eigenvalue weighted by Gasteiger charge is -2.26. The van der Waals surface area contributed by atoms with Crippen LogP contribution in [0.2, 0.25) is 0 Å². The van der Waals surface area contributed by atoms with Gasteiger partial charge in [-0.05, 0) is 75.2 Å². The van der Waals surface area contributed by atoms with Crippen LogP contribution in [0.3, 0.4) is 0 Å². The molecule has 0 aromatic heterocycles. The summed E-state index contributed by atoms with van der Waals surface area (Å²) in [6, 6.07) is 18.9. The predicted octanol–water partition coefficient (Wildman–Crippen LogP) is 4.84. The van der Waals surface area contributed by atoms with Crippen molar-refractivity contribution in [2.45, 2.75) is 32.6 Å².